The first-order chi connectivity index (χ1) is 7.59. The number of hydrogen-bond donors (Lipinski definition) is 1. The van der Waals surface area contributed by atoms with Crippen LogP contribution in [0.5, 0.6) is 0 Å². The van der Waals surface area contributed by atoms with Gasteiger partial charge in [-0.05, 0) is 24.6 Å². The largest absolute Gasteiger partial charge is 0.478 e. The third-order valence-electron chi connectivity index (χ3n) is 2.14. The van der Waals surface area contributed by atoms with Crippen LogP contribution in [0, 0.1) is 12.7 Å². The van der Waals surface area contributed by atoms with Gasteiger partial charge in [-0.25, -0.2) is 9.18 Å². The van der Waals surface area contributed by atoms with Gasteiger partial charge in [0.1, 0.15) is 11.5 Å². The van der Waals surface area contributed by atoms with Crippen molar-refractivity contribution in [1.82, 2.24) is 15.0 Å². The van der Waals surface area contributed by atoms with Gasteiger partial charge in [-0.3, -0.25) is 0 Å². The molecule has 2 aromatic rings. The van der Waals surface area contributed by atoms with Crippen LogP contribution in [0.25, 0.3) is 5.69 Å². The number of aromatic nitrogens is 3. The number of aromatic carboxylic acids is 1. The Balaban J connectivity index is 2.68. The Labute approximate surface area is 90.1 Å². The zero-order valence-electron chi connectivity index (χ0n) is 8.38. The summed E-state index contributed by atoms with van der Waals surface area (Å²) in [6.45, 7) is 1.55. The molecule has 5 nitrogen and oxygen atoms in total. The molecular formula is C10H8FN3O2. The molecule has 1 N–H and O–H groups in total. The molecule has 6 heteroatoms. The van der Waals surface area contributed by atoms with Crippen molar-refractivity contribution >= 4 is 5.97 Å². The fraction of sp³-hybridized carbons (Fsp3) is 0.100. The summed E-state index contributed by atoms with van der Waals surface area (Å²) in [5.41, 5.74) is 0.424. The first-order valence-electron chi connectivity index (χ1n) is 4.49. The Morgan fingerprint density at radius 2 is 2.00 bits per heavy atom. The molecule has 0 aliphatic heterocycles. The molecule has 16 heavy (non-hydrogen) atoms. The third-order valence-corrected chi connectivity index (χ3v) is 2.14. The molecule has 0 radical (unpaired) electrons. The van der Waals surface area contributed by atoms with Crippen molar-refractivity contribution in [2.24, 2.45) is 0 Å². The highest BCUT2D eigenvalue weighted by molar-refractivity contribution is 5.92. The van der Waals surface area contributed by atoms with E-state index in [4.69, 9.17) is 5.11 Å². The molecular weight excluding hydrogens is 213 g/mol. The van der Waals surface area contributed by atoms with E-state index in [1.54, 1.807) is 6.92 Å². The molecule has 0 amide bonds. The van der Waals surface area contributed by atoms with Crippen LogP contribution in [0.15, 0.2) is 24.5 Å². The summed E-state index contributed by atoms with van der Waals surface area (Å²) >= 11 is 0. The Morgan fingerprint density at radius 1 is 1.38 bits per heavy atom. The number of carbonyl (C=O) groups is 1. The minimum atomic E-state index is -1.22. The van der Waals surface area contributed by atoms with E-state index in [0.29, 0.717) is 5.56 Å². The minimum Gasteiger partial charge on any atom is -0.478 e. The first-order valence-corrected chi connectivity index (χ1v) is 4.49. The predicted molar refractivity (Wildman–Crippen MR) is 53.0 cm³/mol. The fourth-order valence-electron chi connectivity index (χ4n) is 1.34. The lowest BCUT2D eigenvalue weighted by atomic mass is 10.1. The number of halogens is 1. The zero-order valence-corrected chi connectivity index (χ0v) is 8.38. The summed E-state index contributed by atoms with van der Waals surface area (Å²) in [5.74, 6) is -1.78. The van der Waals surface area contributed by atoms with Crippen molar-refractivity contribution in [3.63, 3.8) is 0 Å². The van der Waals surface area contributed by atoms with Crippen LogP contribution in [0.3, 0.4) is 0 Å². The summed E-state index contributed by atoms with van der Waals surface area (Å²) in [5, 5.41) is 16.6. The zero-order chi connectivity index (χ0) is 11.7. The maximum absolute atomic E-state index is 13.2. The standard InChI is InChI=1S/C10H8FN3O2/c1-6-4-9(14-12-2-3-13-14)7(10(15)16)5-8(6)11/h2-5H,1H3,(H,15,16). The van der Waals surface area contributed by atoms with Crippen molar-refractivity contribution in [2.75, 3.05) is 0 Å². The van der Waals surface area contributed by atoms with Gasteiger partial charge in [0.05, 0.1) is 18.0 Å². The average molecular weight is 221 g/mol. The SMILES string of the molecule is Cc1cc(-n2nccn2)c(C(=O)O)cc1F. The van der Waals surface area contributed by atoms with Gasteiger partial charge in [-0.1, -0.05) is 0 Å². The van der Waals surface area contributed by atoms with Gasteiger partial charge in [0.15, 0.2) is 0 Å². The normalized spacial score (nSPS) is 10.4. The van der Waals surface area contributed by atoms with Gasteiger partial charge in [-0.2, -0.15) is 15.0 Å². The Morgan fingerprint density at radius 3 is 2.56 bits per heavy atom. The molecule has 0 spiro atoms. The fourth-order valence-corrected chi connectivity index (χ4v) is 1.34. The monoisotopic (exact) mass is 221 g/mol. The Kier molecular flexibility index (Phi) is 2.40. The second-order valence-corrected chi connectivity index (χ2v) is 3.24. The summed E-state index contributed by atoms with van der Waals surface area (Å²) in [4.78, 5) is 12.1. The van der Waals surface area contributed by atoms with Gasteiger partial charge >= 0.3 is 5.97 Å². The highest BCUT2D eigenvalue weighted by Gasteiger charge is 2.15. The summed E-state index contributed by atoms with van der Waals surface area (Å²) < 4.78 is 13.2. The molecule has 0 unspecified atom stereocenters. The Bertz CT molecular complexity index is 537. The first kappa shape index (κ1) is 10.3. The van der Waals surface area contributed by atoms with E-state index in [0.717, 1.165) is 10.9 Å². The van der Waals surface area contributed by atoms with Gasteiger partial charge in [0, 0.05) is 0 Å². The maximum Gasteiger partial charge on any atom is 0.338 e. The average Bonchev–Trinajstić information content (AvgIpc) is 2.74. The highest BCUT2D eigenvalue weighted by Crippen LogP contribution is 2.18. The van der Waals surface area contributed by atoms with Gasteiger partial charge in [0.2, 0.25) is 0 Å². The topological polar surface area (TPSA) is 68.0 Å². The van der Waals surface area contributed by atoms with Crippen LogP contribution >= 0.6 is 0 Å². The van der Waals surface area contributed by atoms with Crippen molar-refractivity contribution in [2.45, 2.75) is 6.92 Å². The van der Waals surface area contributed by atoms with E-state index >= 15 is 0 Å². The van der Waals surface area contributed by atoms with Crippen LogP contribution in [-0.4, -0.2) is 26.1 Å². The van der Waals surface area contributed by atoms with E-state index in [-0.39, 0.29) is 11.3 Å². The molecule has 1 heterocycles. The van der Waals surface area contributed by atoms with Crippen molar-refractivity contribution in [3.05, 3.63) is 41.5 Å². The molecule has 0 atom stereocenters. The van der Waals surface area contributed by atoms with Crippen LogP contribution < -0.4 is 0 Å². The number of hydrogen-bond acceptors (Lipinski definition) is 3. The Hall–Kier alpha value is -2.24. The highest BCUT2D eigenvalue weighted by atomic mass is 19.1. The van der Waals surface area contributed by atoms with Crippen LogP contribution in [0.4, 0.5) is 4.39 Å². The number of nitrogens with zero attached hydrogens (tertiary/aromatic N) is 3. The van der Waals surface area contributed by atoms with E-state index in [9.17, 15) is 9.18 Å². The van der Waals surface area contributed by atoms with Crippen molar-refractivity contribution in [3.8, 4) is 5.69 Å². The summed E-state index contributed by atoms with van der Waals surface area (Å²) in [7, 11) is 0. The summed E-state index contributed by atoms with van der Waals surface area (Å²) in [6.07, 6.45) is 2.84. The van der Waals surface area contributed by atoms with E-state index in [1.807, 2.05) is 0 Å². The smallest absolute Gasteiger partial charge is 0.338 e. The lowest BCUT2D eigenvalue weighted by Gasteiger charge is -2.06. The summed E-state index contributed by atoms with van der Waals surface area (Å²) in [6, 6.07) is 2.37. The van der Waals surface area contributed by atoms with E-state index < -0.39 is 11.8 Å². The van der Waals surface area contributed by atoms with Crippen molar-refractivity contribution in [1.29, 1.82) is 0 Å². The minimum absolute atomic E-state index is 0.167. The second kappa shape index (κ2) is 3.73. The molecule has 82 valence electrons. The van der Waals surface area contributed by atoms with Gasteiger partial charge < -0.3 is 5.11 Å². The van der Waals surface area contributed by atoms with Crippen LogP contribution in [0.2, 0.25) is 0 Å². The predicted octanol–water partition coefficient (Wildman–Crippen LogP) is 1.41. The van der Waals surface area contributed by atoms with Crippen molar-refractivity contribution < 1.29 is 14.3 Å². The maximum atomic E-state index is 13.2. The van der Waals surface area contributed by atoms with Gasteiger partial charge in [0.25, 0.3) is 0 Å². The number of carboxylic acid groups (broad SMARTS) is 1. The number of aryl methyl sites for hydroxylation is 1. The molecule has 1 aromatic heterocycles. The van der Waals surface area contributed by atoms with E-state index in [1.165, 1.54) is 18.5 Å². The third kappa shape index (κ3) is 1.65. The quantitative estimate of drug-likeness (QED) is 0.832. The molecule has 0 fully saturated rings. The molecule has 0 saturated carbocycles. The molecule has 2 rings (SSSR count). The van der Waals surface area contributed by atoms with Gasteiger partial charge in [-0.15, -0.1) is 0 Å². The van der Waals surface area contributed by atoms with Crippen LogP contribution in [-0.2, 0) is 0 Å². The lowest BCUT2D eigenvalue weighted by Crippen LogP contribution is -2.09. The molecule has 0 aliphatic carbocycles. The lowest BCUT2D eigenvalue weighted by molar-refractivity contribution is 0.0696. The molecule has 0 aliphatic rings. The van der Waals surface area contributed by atoms with Crippen LogP contribution in [0.1, 0.15) is 15.9 Å². The molecule has 1 aromatic carbocycles. The molecule has 0 saturated heterocycles. The number of carboxylic acids is 1. The number of benzene rings is 1. The molecule has 0 bridgehead atoms. The van der Waals surface area contributed by atoms with E-state index in [2.05, 4.69) is 10.2 Å². The number of rotatable bonds is 2. The second-order valence-electron chi connectivity index (χ2n) is 3.24.